The number of aromatic hydroxyl groups is 1. The van der Waals surface area contributed by atoms with Gasteiger partial charge >= 0.3 is 5.69 Å². The van der Waals surface area contributed by atoms with E-state index in [0.717, 1.165) is 18.5 Å². The van der Waals surface area contributed by atoms with Gasteiger partial charge in [0, 0.05) is 25.5 Å². The molecular formula is C19H21N5O3. The average molecular weight is 367 g/mol. The third kappa shape index (κ3) is 2.40. The highest BCUT2D eigenvalue weighted by Crippen LogP contribution is 2.26. The quantitative estimate of drug-likeness (QED) is 0.597. The molecule has 8 heteroatoms. The maximum atomic E-state index is 13.0. The van der Waals surface area contributed by atoms with E-state index >= 15 is 0 Å². The lowest BCUT2D eigenvalue weighted by Crippen LogP contribution is -2.39. The molecule has 140 valence electrons. The number of hydrogen-bond acceptors (Lipinski definition) is 4. The van der Waals surface area contributed by atoms with Crippen molar-refractivity contribution >= 4 is 16.9 Å². The number of hydrogen-bond donors (Lipinski definition) is 1. The zero-order chi connectivity index (χ0) is 19.3. The second-order valence-electron chi connectivity index (χ2n) is 6.70. The first kappa shape index (κ1) is 17.1. The summed E-state index contributed by atoms with van der Waals surface area (Å²) in [4.78, 5) is 30.2. The summed E-state index contributed by atoms with van der Waals surface area (Å²) in [5, 5.41) is 10.3. The predicted molar refractivity (Wildman–Crippen MR) is 103 cm³/mol. The second-order valence-corrected chi connectivity index (χ2v) is 6.70. The molecule has 0 saturated heterocycles. The Morgan fingerprint density at radius 2 is 1.93 bits per heavy atom. The van der Waals surface area contributed by atoms with E-state index in [1.807, 2.05) is 19.9 Å². The number of unbranched alkanes of at least 4 members (excludes halogenated alkanes) is 1. The molecule has 0 saturated carbocycles. The van der Waals surface area contributed by atoms with Crippen molar-refractivity contribution < 1.29 is 5.11 Å². The Hall–Kier alpha value is -3.29. The van der Waals surface area contributed by atoms with Crippen LogP contribution in [0, 0.1) is 6.92 Å². The molecule has 8 nitrogen and oxygen atoms in total. The van der Waals surface area contributed by atoms with Gasteiger partial charge in [-0.2, -0.15) is 4.98 Å². The third-order valence-corrected chi connectivity index (χ3v) is 4.88. The van der Waals surface area contributed by atoms with Crippen LogP contribution in [0.25, 0.3) is 22.6 Å². The van der Waals surface area contributed by atoms with Gasteiger partial charge in [0.25, 0.3) is 5.56 Å². The smallest absolute Gasteiger partial charge is 0.332 e. The Morgan fingerprint density at radius 1 is 1.19 bits per heavy atom. The lowest BCUT2D eigenvalue weighted by Gasteiger charge is -2.08. The van der Waals surface area contributed by atoms with Crippen molar-refractivity contribution in [3.8, 4) is 11.4 Å². The zero-order valence-corrected chi connectivity index (χ0v) is 15.5. The molecule has 0 bridgehead atoms. The molecule has 1 N–H and O–H groups in total. The van der Waals surface area contributed by atoms with Crippen LogP contribution < -0.4 is 11.2 Å². The number of phenols is 1. The summed E-state index contributed by atoms with van der Waals surface area (Å²) >= 11 is 0. The molecule has 0 amide bonds. The van der Waals surface area contributed by atoms with Crippen LogP contribution in [0.2, 0.25) is 0 Å². The topological polar surface area (TPSA) is 86.5 Å². The highest BCUT2D eigenvalue weighted by Gasteiger charge is 2.21. The van der Waals surface area contributed by atoms with Gasteiger partial charge in [-0.3, -0.25) is 22.9 Å². The van der Waals surface area contributed by atoms with E-state index in [1.165, 1.54) is 9.13 Å². The van der Waals surface area contributed by atoms with Gasteiger partial charge in [0.15, 0.2) is 11.2 Å². The monoisotopic (exact) mass is 367 g/mol. The lowest BCUT2D eigenvalue weighted by atomic mass is 10.3. The van der Waals surface area contributed by atoms with Gasteiger partial charge in [-0.25, -0.2) is 4.79 Å². The Labute approximate surface area is 154 Å². The highest BCUT2D eigenvalue weighted by atomic mass is 16.3. The molecule has 4 rings (SSSR count). The van der Waals surface area contributed by atoms with Crippen molar-refractivity contribution in [2.75, 3.05) is 0 Å². The van der Waals surface area contributed by atoms with E-state index in [4.69, 9.17) is 0 Å². The minimum Gasteiger partial charge on any atom is -0.506 e. The summed E-state index contributed by atoms with van der Waals surface area (Å²) in [6, 6.07) is 6.94. The molecule has 3 aromatic heterocycles. The molecule has 0 atom stereocenters. The molecule has 1 aromatic carbocycles. The molecule has 0 aliphatic rings. The van der Waals surface area contributed by atoms with E-state index in [9.17, 15) is 14.7 Å². The van der Waals surface area contributed by atoms with Crippen molar-refractivity contribution in [3.63, 3.8) is 0 Å². The number of para-hydroxylation sites is 2. The van der Waals surface area contributed by atoms with Gasteiger partial charge < -0.3 is 5.11 Å². The normalized spacial score (nSPS) is 11.7. The average Bonchev–Trinajstić information content (AvgIpc) is 3.15. The van der Waals surface area contributed by atoms with Crippen LogP contribution >= 0.6 is 0 Å². The van der Waals surface area contributed by atoms with E-state index in [0.29, 0.717) is 29.2 Å². The fourth-order valence-electron chi connectivity index (χ4n) is 3.47. The molecule has 0 fully saturated rings. The summed E-state index contributed by atoms with van der Waals surface area (Å²) in [5.41, 5.74) is 1.36. The number of nitrogens with zero attached hydrogens (tertiary/aromatic N) is 5. The van der Waals surface area contributed by atoms with Gasteiger partial charge in [0.2, 0.25) is 5.78 Å². The van der Waals surface area contributed by atoms with Crippen LogP contribution in [0.5, 0.6) is 5.75 Å². The summed E-state index contributed by atoms with van der Waals surface area (Å²) in [7, 11) is 1.62. The minimum absolute atomic E-state index is 0.111. The third-order valence-electron chi connectivity index (χ3n) is 4.88. The maximum absolute atomic E-state index is 13.0. The summed E-state index contributed by atoms with van der Waals surface area (Å²) < 4.78 is 6.15. The Balaban J connectivity index is 2.11. The van der Waals surface area contributed by atoms with Gasteiger partial charge in [-0.1, -0.05) is 25.5 Å². The molecule has 3 heterocycles. The number of aromatic nitrogens is 5. The van der Waals surface area contributed by atoms with Crippen LogP contribution in [0.3, 0.4) is 0 Å². The number of imidazole rings is 2. The molecule has 0 radical (unpaired) electrons. The largest absolute Gasteiger partial charge is 0.506 e. The van der Waals surface area contributed by atoms with Gasteiger partial charge in [0.05, 0.1) is 5.69 Å². The first-order valence-electron chi connectivity index (χ1n) is 8.94. The van der Waals surface area contributed by atoms with Crippen molar-refractivity contribution in [1.82, 2.24) is 23.1 Å². The van der Waals surface area contributed by atoms with E-state index in [2.05, 4.69) is 4.98 Å². The second kappa shape index (κ2) is 6.15. The van der Waals surface area contributed by atoms with Crippen LogP contribution in [0.4, 0.5) is 0 Å². The first-order chi connectivity index (χ1) is 13.0. The summed E-state index contributed by atoms with van der Waals surface area (Å²) in [5.74, 6) is 0.587. The lowest BCUT2D eigenvalue weighted by molar-refractivity contribution is 0.472. The number of fused-ring (bicyclic) bond motifs is 3. The van der Waals surface area contributed by atoms with Crippen LogP contribution in [-0.4, -0.2) is 28.2 Å². The van der Waals surface area contributed by atoms with E-state index in [-0.39, 0.29) is 17.0 Å². The fraction of sp³-hybridized carbons (Fsp3) is 0.316. The maximum Gasteiger partial charge on any atom is 0.332 e. The molecule has 27 heavy (non-hydrogen) atoms. The molecule has 0 unspecified atom stereocenters. The SMILES string of the molecule is CCCCn1c(=O)c2c(nc3n(-c4ccccc4O)c(C)cn23)n(C)c1=O. The van der Waals surface area contributed by atoms with Crippen molar-refractivity contribution in [2.24, 2.45) is 7.05 Å². The Morgan fingerprint density at radius 3 is 2.63 bits per heavy atom. The highest BCUT2D eigenvalue weighted by molar-refractivity contribution is 5.76. The standard InChI is InChI=1S/C19H21N5O3/c1-4-5-10-22-17(26)15-16(21(3)19(22)27)20-18-23(15)11-12(2)24(18)13-8-6-7-9-14(13)25/h6-9,11,25H,4-5,10H2,1-3H3. The van der Waals surface area contributed by atoms with Gasteiger partial charge in [-0.05, 0) is 25.5 Å². The van der Waals surface area contributed by atoms with Gasteiger partial charge in [0.1, 0.15) is 5.75 Å². The Bertz CT molecular complexity index is 1290. The summed E-state index contributed by atoms with van der Waals surface area (Å²) in [6.07, 6.45) is 3.44. The first-order valence-corrected chi connectivity index (χ1v) is 8.94. The van der Waals surface area contributed by atoms with Crippen LogP contribution in [0.15, 0.2) is 40.1 Å². The number of benzene rings is 1. The van der Waals surface area contributed by atoms with Crippen LogP contribution in [0.1, 0.15) is 25.5 Å². The zero-order valence-electron chi connectivity index (χ0n) is 15.5. The van der Waals surface area contributed by atoms with E-state index in [1.54, 1.807) is 40.4 Å². The molecule has 0 aliphatic carbocycles. The number of aryl methyl sites for hydroxylation is 2. The van der Waals surface area contributed by atoms with Crippen molar-refractivity contribution in [1.29, 1.82) is 0 Å². The molecule has 0 spiro atoms. The van der Waals surface area contributed by atoms with Crippen molar-refractivity contribution in [2.45, 2.75) is 33.2 Å². The fourth-order valence-corrected chi connectivity index (χ4v) is 3.47. The number of rotatable bonds is 4. The van der Waals surface area contributed by atoms with E-state index < -0.39 is 0 Å². The van der Waals surface area contributed by atoms with Gasteiger partial charge in [-0.15, -0.1) is 0 Å². The predicted octanol–water partition coefficient (Wildman–Crippen LogP) is 1.95. The van der Waals surface area contributed by atoms with Crippen LogP contribution in [-0.2, 0) is 13.6 Å². The van der Waals surface area contributed by atoms with Crippen molar-refractivity contribution in [3.05, 3.63) is 57.0 Å². The Kier molecular flexibility index (Phi) is 3.91. The number of phenolic OH excluding ortho intramolecular Hbond substituents is 1. The molecule has 4 aromatic rings. The summed E-state index contributed by atoms with van der Waals surface area (Å²) in [6.45, 7) is 4.27. The minimum atomic E-state index is -0.368. The molecule has 0 aliphatic heterocycles. The molecular weight excluding hydrogens is 346 g/mol.